The van der Waals surface area contributed by atoms with Gasteiger partial charge in [-0.1, -0.05) is 6.92 Å². The number of carboxylic acid groups (broad SMARTS) is 1. The Morgan fingerprint density at radius 3 is 2.67 bits per heavy atom. The average molecular weight is 315 g/mol. The minimum atomic E-state index is -0.842. The summed E-state index contributed by atoms with van der Waals surface area (Å²) < 4.78 is 0.809. The van der Waals surface area contributed by atoms with Crippen LogP contribution in [0.1, 0.15) is 23.6 Å². The largest absolute Gasteiger partial charge is 0.481 e. The van der Waals surface area contributed by atoms with E-state index in [1.807, 2.05) is 6.92 Å². The average Bonchev–Trinajstić information content (AvgIpc) is 2.17. The molecule has 0 heterocycles. The van der Waals surface area contributed by atoms with Crippen LogP contribution >= 0.6 is 22.6 Å². The summed E-state index contributed by atoms with van der Waals surface area (Å²) in [5, 5.41) is 17.6. The number of nitriles is 1. The molecule has 1 aromatic carbocycles. The molecule has 78 valence electrons. The number of aliphatic carboxylic acids is 1. The maximum Gasteiger partial charge on any atom is 0.307 e. The van der Waals surface area contributed by atoms with E-state index in [0.717, 1.165) is 21.1 Å². The van der Waals surface area contributed by atoms with Crippen LogP contribution in [-0.4, -0.2) is 11.1 Å². The Labute approximate surface area is 102 Å². The van der Waals surface area contributed by atoms with Gasteiger partial charge in [-0.2, -0.15) is 5.26 Å². The molecular weight excluding hydrogens is 305 g/mol. The molecule has 0 saturated heterocycles. The second kappa shape index (κ2) is 5.12. The second-order valence-corrected chi connectivity index (χ2v) is 4.30. The van der Waals surface area contributed by atoms with E-state index in [4.69, 9.17) is 10.4 Å². The molecule has 3 nitrogen and oxygen atoms in total. The highest BCUT2D eigenvalue weighted by Gasteiger charge is 2.09. The van der Waals surface area contributed by atoms with E-state index < -0.39 is 5.97 Å². The van der Waals surface area contributed by atoms with E-state index >= 15 is 0 Å². The predicted octanol–water partition coefficient (Wildman–Crippen LogP) is 2.35. The fourth-order valence-electron chi connectivity index (χ4n) is 1.40. The molecule has 0 saturated carbocycles. The normalized spacial score (nSPS) is 9.67. The van der Waals surface area contributed by atoms with E-state index in [1.165, 1.54) is 0 Å². The number of hydrogen-bond acceptors (Lipinski definition) is 2. The highest BCUT2D eigenvalue weighted by Crippen LogP contribution is 2.19. The molecule has 0 bridgehead atoms. The van der Waals surface area contributed by atoms with Gasteiger partial charge >= 0.3 is 5.97 Å². The zero-order chi connectivity index (χ0) is 11.4. The Bertz CT molecular complexity index is 435. The van der Waals surface area contributed by atoms with Crippen molar-refractivity contribution in [3.05, 3.63) is 32.4 Å². The SMILES string of the molecule is CCc1cc(C#N)c(I)cc1CC(=O)O. The molecule has 1 aromatic rings. The molecule has 0 unspecified atom stereocenters. The Hall–Kier alpha value is -1.09. The number of nitrogens with zero attached hydrogens (tertiary/aromatic N) is 1. The minimum Gasteiger partial charge on any atom is -0.481 e. The highest BCUT2D eigenvalue weighted by molar-refractivity contribution is 14.1. The first-order valence-corrected chi connectivity index (χ1v) is 5.59. The Morgan fingerprint density at radius 2 is 2.20 bits per heavy atom. The third-order valence-electron chi connectivity index (χ3n) is 2.13. The summed E-state index contributed by atoms with van der Waals surface area (Å²) in [6, 6.07) is 5.66. The number of hydrogen-bond donors (Lipinski definition) is 1. The third-order valence-corrected chi connectivity index (χ3v) is 3.02. The quantitative estimate of drug-likeness (QED) is 0.871. The lowest BCUT2D eigenvalue weighted by Crippen LogP contribution is -2.04. The minimum absolute atomic E-state index is 0.0187. The lowest BCUT2D eigenvalue weighted by molar-refractivity contribution is -0.136. The molecule has 0 aliphatic rings. The number of halogens is 1. The van der Waals surface area contributed by atoms with E-state index in [0.29, 0.717) is 5.56 Å². The smallest absolute Gasteiger partial charge is 0.307 e. The Balaban J connectivity index is 3.22. The van der Waals surface area contributed by atoms with Crippen molar-refractivity contribution in [2.24, 2.45) is 0 Å². The fourth-order valence-corrected chi connectivity index (χ4v) is 2.05. The van der Waals surface area contributed by atoms with Crippen LogP contribution in [0.3, 0.4) is 0 Å². The number of benzene rings is 1. The highest BCUT2D eigenvalue weighted by atomic mass is 127. The lowest BCUT2D eigenvalue weighted by atomic mass is 10.00. The molecule has 0 fully saturated rings. The van der Waals surface area contributed by atoms with Crippen molar-refractivity contribution < 1.29 is 9.90 Å². The summed E-state index contributed by atoms with van der Waals surface area (Å²) in [6.07, 6.45) is 0.763. The van der Waals surface area contributed by atoms with Crippen LogP contribution in [0.5, 0.6) is 0 Å². The molecule has 0 amide bonds. The molecule has 0 aliphatic heterocycles. The number of aryl methyl sites for hydroxylation is 1. The first kappa shape index (κ1) is 12.0. The van der Waals surface area contributed by atoms with Gasteiger partial charge in [-0.3, -0.25) is 4.79 Å². The molecule has 1 N–H and O–H groups in total. The van der Waals surface area contributed by atoms with E-state index in [2.05, 4.69) is 28.7 Å². The Morgan fingerprint density at radius 1 is 1.53 bits per heavy atom. The zero-order valence-corrected chi connectivity index (χ0v) is 10.4. The summed E-state index contributed by atoms with van der Waals surface area (Å²) >= 11 is 2.05. The van der Waals surface area contributed by atoms with Gasteiger partial charge in [-0.15, -0.1) is 0 Å². The third kappa shape index (κ3) is 2.93. The second-order valence-electron chi connectivity index (χ2n) is 3.14. The van der Waals surface area contributed by atoms with E-state index in [9.17, 15) is 4.79 Å². The zero-order valence-electron chi connectivity index (χ0n) is 8.25. The summed E-state index contributed by atoms with van der Waals surface area (Å²) in [7, 11) is 0. The predicted molar refractivity (Wildman–Crippen MR) is 64.6 cm³/mol. The number of carboxylic acids is 1. The summed E-state index contributed by atoms with van der Waals surface area (Å²) in [4.78, 5) is 10.6. The molecule has 1 rings (SSSR count). The van der Waals surface area contributed by atoms with Crippen molar-refractivity contribution in [2.75, 3.05) is 0 Å². The van der Waals surface area contributed by atoms with Crippen molar-refractivity contribution in [2.45, 2.75) is 19.8 Å². The van der Waals surface area contributed by atoms with Crippen LogP contribution in [0, 0.1) is 14.9 Å². The first-order chi connectivity index (χ1) is 7.08. The van der Waals surface area contributed by atoms with Gasteiger partial charge in [0.05, 0.1) is 12.0 Å². The summed E-state index contributed by atoms with van der Waals surface area (Å²) in [5.41, 5.74) is 2.35. The monoisotopic (exact) mass is 315 g/mol. The van der Waals surface area contributed by atoms with Crippen molar-refractivity contribution in [1.82, 2.24) is 0 Å². The van der Waals surface area contributed by atoms with Crippen LogP contribution in [0.15, 0.2) is 12.1 Å². The lowest BCUT2D eigenvalue weighted by Gasteiger charge is -2.07. The van der Waals surface area contributed by atoms with Gasteiger partial charge in [0.15, 0.2) is 0 Å². The van der Waals surface area contributed by atoms with Crippen LogP contribution in [0.2, 0.25) is 0 Å². The van der Waals surface area contributed by atoms with Crippen molar-refractivity contribution in [1.29, 1.82) is 5.26 Å². The molecule has 0 aromatic heterocycles. The van der Waals surface area contributed by atoms with Gasteiger partial charge in [-0.25, -0.2) is 0 Å². The van der Waals surface area contributed by atoms with Gasteiger partial charge < -0.3 is 5.11 Å². The number of rotatable bonds is 3. The van der Waals surface area contributed by atoms with Gasteiger partial charge in [0.1, 0.15) is 6.07 Å². The molecular formula is C11H10INO2. The summed E-state index contributed by atoms with van der Waals surface area (Å²) in [5.74, 6) is -0.842. The van der Waals surface area contributed by atoms with Crippen LogP contribution < -0.4 is 0 Å². The fraction of sp³-hybridized carbons (Fsp3) is 0.273. The molecule has 0 spiro atoms. The molecule has 0 aliphatic carbocycles. The van der Waals surface area contributed by atoms with E-state index in [1.54, 1.807) is 12.1 Å². The topological polar surface area (TPSA) is 61.1 Å². The van der Waals surface area contributed by atoms with Gasteiger partial charge in [-0.05, 0) is 52.3 Å². The van der Waals surface area contributed by atoms with Crippen molar-refractivity contribution >= 4 is 28.6 Å². The number of carbonyl (C=O) groups is 1. The molecule has 0 atom stereocenters. The van der Waals surface area contributed by atoms with Crippen molar-refractivity contribution in [3.8, 4) is 6.07 Å². The van der Waals surface area contributed by atoms with Crippen LogP contribution in [-0.2, 0) is 17.6 Å². The van der Waals surface area contributed by atoms with Gasteiger partial charge in [0.25, 0.3) is 0 Å². The molecule has 0 radical (unpaired) electrons. The van der Waals surface area contributed by atoms with Crippen LogP contribution in [0.4, 0.5) is 0 Å². The summed E-state index contributed by atoms with van der Waals surface area (Å²) in [6.45, 7) is 1.95. The van der Waals surface area contributed by atoms with Gasteiger partial charge in [0.2, 0.25) is 0 Å². The molecule has 4 heteroatoms. The first-order valence-electron chi connectivity index (χ1n) is 4.51. The van der Waals surface area contributed by atoms with Crippen LogP contribution in [0.25, 0.3) is 0 Å². The maximum atomic E-state index is 10.6. The Kier molecular flexibility index (Phi) is 4.09. The van der Waals surface area contributed by atoms with Gasteiger partial charge in [0, 0.05) is 3.57 Å². The maximum absolute atomic E-state index is 10.6. The van der Waals surface area contributed by atoms with E-state index in [-0.39, 0.29) is 6.42 Å². The van der Waals surface area contributed by atoms with Crippen molar-refractivity contribution in [3.63, 3.8) is 0 Å². The standard InChI is InChI=1S/C11H10INO2/c1-2-7-3-9(6-13)10(12)4-8(7)5-11(14)15/h3-4H,2,5H2,1H3,(H,14,15). The molecule has 15 heavy (non-hydrogen) atoms.